The summed E-state index contributed by atoms with van der Waals surface area (Å²) in [5.41, 5.74) is 10.9. The van der Waals surface area contributed by atoms with Gasteiger partial charge in [0.2, 0.25) is 0 Å². The number of imide groups is 1. The van der Waals surface area contributed by atoms with Crippen LogP contribution in [-0.2, 0) is 14.3 Å². The highest BCUT2D eigenvalue weighted by Gasteiger charge is 2.41. The van der Waals surface area contributed by atoms with E-state index in [-0.39, 0.29) is 6.54 Å². The summed E-state index contributed by atoms with van der Waals surface area (Å²) in [6.45, 7) is 2.09. The second kappa shape index (κ2) is 7.66. The van der Waals surface area contributed by atoms with E-state index < -0.39 is 30.1 Å². The number of H-pyrrole nitrogens is 2. The molecule has 2 aliphatic heterocycles. The van der Waals surface area contributed by atoms with Gasteiger partial charge in [-0.2, -0.15) is 0 Å². The summed E-state index contributed by atoms with van der Waals surface area (Å²) in [4.78, 5) is 33.2. The van der Waals surface area contributed by atoms with Crippen molar-refractivity contribution in [2.24, 2.45) is 5.73 Å². The maximum absolute atomic E-state index is 13.3. The van der Waals surface area contributed by atoms with E-state index >= 15 is 0 Å². The molecule has 6 rings (SSSR count). The minimum Gasteiger partial charge on any atom is -0.390 e. The fourth-order valence-electron chi connectivity index (χ4n) is 5.33. The highest BCUT2D eigenvalue weighted by Crippen LogP contribution is 2.44. The van der Waals surface area contributed by atoms with Gasteiger partial charge >= 0.3 is 0 Å². The van der Waals surface area contributed by atoms with Gasteiger partial charge in [-0.15, -0.1) is 0 Å². The zero-order chi connectivity index (χ0) is 23.6. The summed E-state index contributed by atoms with van der Waals surface area (Å²) in [5.74, 6) is -0.888. The maximum atomic E-state index is 13.3. The van der Waals surface area contributed by atoms with Gasteiger partial charge in [-0.3, -0.25) is 14.9 Å². The molecule has 4 heterocycles. The number of amides is 2. The Balaban J connectivity index is 1.65. The molecule has 34 heavy (non-hydrogen) atoms. The van der Waals surface area contributed by atoms with Gasteiger partial charge < -0.3 is 25.5 Å². The van der Waals surface area contributed by atoms with Crippen molar-refractivity contribution in [1.29, 1.82) is 0 Å². The highest BCUT2D eigenvalue weighted by atomic mass is 16.5. The first kappa shape index (κ1) is 20.9. The van der Waals surface area contributed by atoms with Crippen LogP contribution < -0.4 is 11.1 Å². The zero-order valence-electron chi connectivity index (χ0n) is 18.5. The molecule has 2 aromatic heterocycles. The molecule has 2 aliphatic rings. The lowest BCUT2D eigenvalue weighted by molar-refractivity contribution is -0.122. The number of nitrogens with two attached hydrogens (primary N) is 1. The number of aryl methyl sites for hydroxylation is 1. The minimum atomic E-state index is -0.711. The standard InChI is InChI=1S/C26H24N4O4/c1-12-20(13-6-2-4-8-15(13)28-12)22-23(26(33)30-25(22)32)21-14-7-3-5-9-16(14)29-24(21)18-10-17(31)19(11-27)34-18/h2-9,17-19,28-29,31H,10-11,27H2,1H3,(H,30,32,33)/t17-,18-,19+/m0/s1. The van der Waals surface area contributed by atoms with Crippen molar-refractivity contribution in [3.8, 4) is 0 Å². The van der Waals surface area contributed by atoms with Gasteiger partial charge in [0, 0.05) is 51.6 Å². The molecule has 0 saturated carbocycles. The number of nitrogens with one attached hydrogen (secondary N) is 3. The van der Waals surface area contributed by atoms with E-state index in [1.54, 1.807) is 0 Å². The summed E-state index contributed by atoms with van der Waals surface area (Å²) in [7, 11) is 0. The topological polar surface area (TPSA) is 133 Å². The van der Waals surface area contributed by atoms with E-state index in [4.69, 9.17) is 10.5 Å². The molecule has 6 N–H and O–H groups in total. The molecule has 0 bridgehead atoms. The molecule has 0 spiro atoms. The van der Waals surface area contributed by atoms with Crippen molar-refractivity contribution in [3.63, 3.8) is 0 Å². The lowest BCUT2D eigenvalue weighted by atomic mass is 9.91. The smallest absolute Gasteiger partial charge is 0.259 e. The Kier molecular flexibility index (Phi) is 4.70. The van der Waals surface area contributed by atoms with Crippen molar-refractivity contribution in [1.82, 2.24) is 15.3 Å². The minimum absolute atomic E-state index is 0.189. The van der Waals surface area contributed by atoms with E-state index in [1.807, 2.05) is 55.5 Å². The molecule has 2 aromatic carbocycles. The van der Waals surface area contributed by atoms with Gasteiger partial charge in [-0.1, -0.05) is 36.4 Å². The maximum Gasteiger partial charge on any atom is 0.259 e. The van der Waals surface area contributed by atoms with E-state index in [0.29, 0.717) is 34.4 Å². The van der Waals surface area contributed by atoms with Crippen LogP contribution in [0.15, 0.2) is 48.5 Å². The first-order valence-electron chi connectivity index (χ1n) is 11.3. The van der Waals surface area contributed by atoms with E-state index in [1.165, 1.54) is 0 Å². The van der Waals surface area contributed by atoms with Gasteiger partial charge in [-0.25, -0.2) is 0 Å². The predicted molar refractivity (Wildman–Crippen MR) is 129 cm³/mol. The number of carbonyl (C=O) groups is 2. The van der Waals surface area contributed by atoms with Gasteiger partial charge in [0.25, 0.3) is 11.8 Å². The van der Waals surface area contributed by atoms with Crippen molar-refractivity contribution in [3.05, 3.63) is 71.0 Å². The first-order chi connectivity index (χ1) is 16.5. The SMILES string of the molecule is Cc1[nH]c2ccccc2c1C1=C(c2c([C@@H]3C[C@H](O)[C@@H](CN)O3)[nH]c3ccccc23)C(=O)NC1=O. The molecule has 8 nitrogen and oxygen atoms in total. The third-order valence-electron chi connectivity index (χ3n) is 6.84. The number of rotatable bonds is 4. The predicted octanol–water partition coefficient (Wildman–Crippen LogP) is 2.67. The van der Waals surface area contributed by atoms with E-state index in [0.717, 1.165) is 27.5 Å². The number of aromatic nitrogens is 2. The molecule has 172 valence electrons. The molecule has 0 aliphatic carbocycles. The quantitative estimate of drug-likeness (QED) is 0.301. The molecule has 0 radical (unpaired) electrons. The number of carbonyl (C=O) groups excluding carboxylic acids is 2. The third-order valence-corrected chi connectivity index (χ3v) is 6.84. The number of aromatic amines is 2. The van der Waals surface area contributed by atoms with Gasteiger partial charge in [0.05, 0.1) is 29.0 Å². The number of benzene rings is 2. The second-order valence-electron chi connectivity index (χ2n) is 8.87. The monoisotopic (exact) mass is 456 g/mol. The van der Waals surface area contributed by atoms with E-state index in [2.05, 4.69) is 15.3 Å². The van der Waals surface area contributed by atoms with Crippen LogP contribution in [0.1, 0.15) is 35.0 Å². The summed E-state index contributed by atoms with van der Waals surface area (Å²) in [6.07, 6.45) is -1.36. The molecule has 3 atom stereocenters. The molecule has 1 fully saturated rings. The fraction of sp³-hybridized carbons (Fsp3) is 0.231. The van der Waals surface area contributed by atoms with Crippen LogP contribution in [0.25, 0.3) is 33.0 Å². The molecule has 2 amide bonds. The van der Waals surface area contributed by atoms with Gasteiger partial charge in [-0.05, 0) is 19.1 Å². The fourth-order valence-corrected chi connectivity index (χ4v) is 5.33. The Morgan fingerprint density at radius 3 is 2.18 bits per heavy atom. The number of aliphatic hydroxyl groups excluding tert-OH is 1. The van der Waals surface area contributed by atoms with E-state index in [9.17, 15) is 14.7 Å². The lowest BCUT2D eigenvalue weighted by Gasteiger charge is -2.14. The average molecular weight is 457 g/mol. The average Bonchev–Trinajstić information content (AvgIpc) is 3.54. The van der Waals surface area contributed by atoms with Gasteiger partial charge in [0.15, 0.2) is 0 Å². The van der Waals surface area contributed by atoms with Crippen LogP contribution in [0.4, 0.5) is 0 Å². The zero-order valence-corrected chi connectivity index (χ0v) is 18.5. The van der Waals surface area contributed by atoms with Crippen molar-refractivity contribution in [2.45, 2.75) is 31.7 Å². The van der Waals surface area contributed by atoms with Crippen molar-refractivity contribution in [2.75, 3.05) is 6.54 Å². The summed E-state index contributed by atoms with van der Waals surface area (Å²) >= 11 is 0. The molecule has 0 unspecified atom stereocenters. The lowest BCUT2D eigenvalue weighted by Crippen LogP contribution is -2.29. The normalized spacial score (nSPS) is 23.0. The largest absolute Gasteiger partial charge is 0.390 e. The van der Waals surface area contributed by atoms with Crippen LogP contribution in [0.3, 0.4) is 0 Å². The van der Waals surface area contributed by atoms with Crippen LogP contribution >= 0.6 is 0 Å². The first-order valence-corrected chi connectivity index (χ1v) is 11.3. The Morgan fingerprint density at radius 2 is 1.53 bits per heavy atom. The summed E-state index contributed by atoms with van der Waals surface area (Å²) < 4.78 is 6.07. The highest BCUT2D eigenvalue weighted by molar-refractivity contribution is 6.51. The number of para-hydroxylation sites is 2. The Labute approximate surface area is 194 Å². The second-order valence-corrected chi connectivity index (χ2v) is 8.87. The third kappa shape index (κ3) is 2.96. The Bertz CT molecular complexity index is 1510. The number of fused-ring (bicyclic) bond motifs is 2. The van der Waals surface area contributed by atoms with Crippen LogP contribution in [0, 0.1) is 6.92 Å². The van der Waals surface area contributed by atoms with Crippen LogP contribution in [-0.4, -0.2) is 45.6 Å². The summed E-state index contributed by atoms with van der Waals surface area (Å²) in [6, 6.07) is 15.3. The molecule has 1 saturated heterocycles. The molecular weight excluding hydrogens is 432 g/mol. The summed E-state index contributed by atoms with van der Waals surface area (Å²) in [5, 5.41) is 14.6. The molecule has 8 heteroatoms. The number of hydrogen-bond donors (Lipinski definition) is 5. The van der Waals surface area contributed by atoms with Crippen molar-refractivity contribution < 1.29 is 19.4 Å². The molecule has 4 aromatic rings. The number of hydrogen-bond acceptors (Lipinski definition) is 5. The molecular formula is C26H24N4O4. The van der Waals surface area contributed by atoms with Crippen LogP contribution in [0.5, 0.6) is 0 Å². The Morgan fingerprint density at radius 1 is 0.941 bits per heavy atom. The van der Waals surface area contributed by atoms with Gasteiger partial charge in [0.1, 0.15) is 6.10 Å². The number of ether oxygens (including phenoxy) is 1. The van der Waals surface area contributed by atoms with Crippen LogP contribution in [0.2, 0.25) is 0 Å². The van der Waals surface area contributed by atoms with Crippen molar-refractivity contribution >= 4 is 44.8 Å². The Hall–Kier alpha value is -3.72. The number of aliphatic hydroxyl groups is 1.